The van der Waals surface area contributed by atoms with Crippen LogP contribution in [-0.2, 0) is 27.3 Å². The molecule has 0 bridgehead atoms. The van der Waals surface area contributed by atoms with Crippen LogP contribution in [0.25, 0.3) is 0 Å². The lowest BCUT2D eigenvalue weighted by Crippen LogP contribution is -2.50. The second-order valence-electron chi connectivity index (χ2n) is 12.8. The number of nitrogens with one attached hydrogen (secondary N) is 2. The van der Waals surface area contributed by atoms with E-state index in [0.29, 0.717) is 43.0 Å². The number of amides is 3. The van der Waals surface area contributed by atoms with Crippen molar-refractivity contribution in [3.8, 4) is 0 Å². The zero-order valence-electron chi connectivity index (χ0n) is 28.1. The van der Waals surface area contributed by atoms with Crippen LogP contribution in [0.5, 0.6) is 0 Å². The zero-order chi connectivity index (χ0) is 34.8. The van der Waals surface area contributed by atoms with Gasteiger partial charge in [-0.25, -0.2) is 9.59 Å². The summed E-state index contributed by atoms with van der Waals surface area (Å²) in [6.07, 6.45) is -0.901. The molecule has 1 heterocycles. The van der Waals surface area contributed by atoms with E-state index in [0.717, 1.165) is 16.8 Å². The van der Waals surface area contributed by atoms with Gasteiger partial charge in [0.2, 0.25) is 5.91 Å². The minimum atomic E-state index is -1.01. The Morgan fingerprint density at radius 3 is 1.96 bits per heavy atom. The first-order valence-electron chi connectivity index (χ1n) is 16.3. The highest BCUT2D eigenvalue weighted by Gasteiger charge is 2.28. The van der Waals surface area contributed by atoms with Crippen LogP contribution in [0, 0.1) is 0 Å². The first-order chi connectivity index (χ1) is 23.6. The van der Waals surface area contributed by atoms with Gasteiger partial charge in [0.15, 0.2) is 5.78 Å². The molecule has 1 aliphatic heterocycles. The van der Waals surface area contributed by atoms with E-state index in [2.05, 4.69) is 15.5 Å². The van der Waals surface area contributed by atoms with E-state index in [1.807, 2.05) is 93.6 Å². The standard InChI is InChI=1S/C39H42N4O6/c1-39(2,3)49-38(47)43-23-21-42(22-24-43)31-19-20-32(35(44)30-17-11-6-12-18-30)33(26-31)40-36(45)34(25-28-13-7-4-8-14-28)41-37(46)48-27-29-15-9-5-10-16-29/h4-20,26,34H,21-25,27H2,1-3H3,(H,40,45)(H,41,46)/t34-/m0/s1. The second-order valence-corrected chi connectivity index (χ2v) is 12.8. The molecule has 0 saturated carbocycles. The Balaban J connectivity index is 1.37. The largest absolute Gasteiger partial charge is 0.445 e. The van der Waals surface area contributed by atoms with Crippen molar-refractivity contribution in [1.82, 2.24) is 10.2 Å². The van der Waals surface area contributed by atoms with Crippen molar-refractivity contribution in [3.63, 3.8) is 0 Å². The number of hydrogen-bond donors (Lipinski definition) is 2. The second kappa shape index (κ2) is 16.0. The van der Waals surface area contributed by atoms with E-state index in [-0.39, 0.29) is 24.9 Å². The predicted molar refractivity (Wildman–Crippen MR) is 189 cm³/mol. The fraction of sp³-hybridized carbons (Fsp3) is 0.282. The van der Waals surface area contributed by atoms with Gasteiger partial charge in [-0.2, -0.15) is 0 Å². The van der Waals surface area contributed by atoms with Crippen LogP contribution in [0.15, 0.2) is 109 Å². The van der Waals surface area contributed by atoms with Gasteiger partial charge in [-0.05, 0) is 50.1 Å². The maximum atomic E-state index is 14.0. The molecule has 1 aliphatic rings. The quantitative estimate of drug-likeness (QED) is 0.188. The van der Waals surface area contributed by atoms with Gasteiger partial charge in [0.05, 0.1) is 5.69 Å². The monoisotopic (exact) mass is 662 g/mol. The van der Waals surface area contributed by atoms with Crippen molar-refractivity contribution in [2.75, 3.05) is 36.4 Å². The summed E-state index contributed by atoms with van der Waals surface area (Å²) in [5.41, 5.74) is 2.93. The van der Waals surface area contributed by atoms with Crippen molar-refractivity contribution in [3.05, 3.63) is 131 Å². The van der Waals surface area contributed by atoms with Gasteiger partial charge in [0.1, 0.15) is 18.2 Å². The summed E-state index contributed by atoms with van der Waals surface area (Å²) in [4.78, 5) is 57.0. The SMILES string of the molecule is CC(C)(C)OC(=O)N1CCN(c2ccc(C(=O)c3ccccc3)c(NC(=O)[C@H](Cc3ccccc3)NC(=O)OCc3ccccc3)c2)CC1. The van der Waals surface area contributed by atoms with Crippen LogP contribution in [-0.4, -0.2) is 66.6 Å². The molecule has 254 valence electrons. The third-order valence-electron chi connectivity index (χ3n) is 7.94. The molecule has 0 aliphatic carbocycles. The summed E-state index contributed by atoms with van der Waals surface area (Å²) in [6, 6.07) is 31.8. The van der Waals surface area contributed by atoms with E-state index in [9.17, 15) is 19.2 Å². The van der Waals surface area contributed by atoms with Gasteiger partial charge >= 0.3 is 12.2 Å². The Morgan fingerprint density at radius 1 is 0.755 bits per heavy atom. The molecule has 4 aromatic carbocycles. The van der Waals surface area contributed by atoms with Gasteiger partial charge in [-0.3, -0.25) is 9.59 Å². The normalized spacial score (nSPS) is 13.6. The molecule has 0 aromatic heterocycles. The highest BCUT2D eigenvalue weighted by Crippen LogP contribution is 2.28. The third kappa shape index (κ3) is 9.93. The smallest absolute Gasteiger partial charge is 0.410 e. The molecule has 10 heteroatoms. The van der Waals surface area contributed by atoms with Crippen molar-refractivity contribution in [1.29, 1.82) is 0 Å². The van der Waals surface area contributed by atoms with Crippen LogP contribution < -0.4 is 15.5 Å². The van der Waals surface area contributed by atoms with Crippen LogP contribution in [0.2, 0.25) is 0 Å². The highest BCUT2D eigenvalue weighted by atomic mass is 16.6. The fourth-order valence-corrected chi connectivity index (χ4v) is 5.44. The number of alkyl carbamates (subject to hydrolysis) is 1. The van der Waals surface area contributed by atoms with Crippen LogP contribution >= 0.6 is 0 Å². The van der Waals surface area contributed by atoms with E-state index in [1.165, 1.54) is 0 Å². The van der Waals surface area contributed by atoms with E-state index >= 15 is 0 Å². The van der Waals surface area contributed by atoms with E-state index < -0.39 is 23.6 Å². The summed E-state index contributed by atoms with van der Waals surface area (Å²) in [6.45, 7) is 7.53. The van der Waals surface area contributed by atoms with Gasteiger partial charge in [0.25, 0.3) is 0 Å². The molecule has 1 saturated heterocycles. The number of anilines is 2. The van der Waals surface area contributed by atoms with Crippen LogP contribution in [0.1, 0.15) is 47.8 Å². The minimum absolute atomic E-state index is 0.0469. The number of hydrogen-bond acceptors (Lipinski definition) is 7. The number of carbonyl (C=O) groups is 4. The average molecular weight is 663 g/mol. The molecule has 10 nitrogen and oxygen atoms in total. The molecule has 5 rings (SSSR count). The van der Waals surface area contributed by atoms with Crippen molar-refractivity contribution in [2.45, 2.75) is 45.4 Å². The zero-order valence-corrected chi connectivity index (χ0v) is 28.1. The molecular formula is C39H42N4O6. The molecule has 0 radical (unpaired) electrons. The van der Waals surface area contributed by atoms with E-state index in [4.69, 9.17) is 9.47 Å². The van der Waals surface area contributed by atoms with Crippen LogP contribution in [0.4, 0.5) is 21.0 Å². The average Bonchev–Trinajstić information content (AvgIpc) is 3.11. The maximum Gasteiger partial charge on any atom is 0.410 e. The lowest BCUT2D eigenvalue weighted by molar-refractivity contribution is -0.118. The minimum Gasteiger partial charge on any atom is -0.445 e. The van der Waals surface area contributed by atoms with Crippen molar-refractivity contribution >= 4 is 35.3 Å². The molecular weight excluding hydrogens is 620 g/mol. The molecule has 0 unspecified atom stereocenters. The molecule has 0 spiro atoms. The lowest BCUT2D eigenvalue weighted by atomic mass is 10.00. The van der Waals surface area contributed by atoms with Gasteiger partial charge in [0, 0.05) is 49.4 Å². The van der Waals surface area contributed by atoms with E-state index in [1.54, 1.807) is 41.3 Å². The molecule has 4 aromatic rings. The topological polar surface area (TPSA) is 117 Å². The summed E-state index contributed by atoms with van der Waals surface area (Å²) >= 11 is 0. The number of carbonyl (C=O) groups excluding carboxylic acids is 4. The maximum absolute atomic E-state index is 14.0. The molecule has 1 atom stereocenters. The number of ether oxygens (including phenoxy) is 2. The van der Waals surface area contributed by atoms with Gasteiger partial charge < -0.3 is 29.9 Å². The molecule has 49 heavy (non-hydrogen) atoms. The van der Waals surface area contributed by atoms with Crippen molar-refractivity contribution < 1.29 is 28.7 Å². The third-order valence-corrected chi connectivity index (χ3v) is 7.94. The summed E-state index contributed by atoms with van der Waals surface area (Å²) in [7, 11) is 0. The number of ketones is 1. The summed E-state index contributed by atoms with van der Waals surface area (Å²) in [5, 5.41) is 5.68. The predicted octanol–water partition coefficient (Wildman–Crippen LogP) is 6.45. The van der Waals surface area contributed by atoms with Crippen LogP contribution in [0.3, 0.4) is 0 Å². The number of nitrogens with zero attached hydrogens (tertiary/aromatic N) is 2. The molecule has 2 N–H and O–H groups in total. The Labute approximate surface area is 287 Å². The number of benzene rings is 4. The van der Waals surface area contributed by atoms with Gasteiger partial charge in [-0.15, -0.1) is 0 Å². The Morgan fingerprint density at radius 2 is 1.35 bits per heavy atom. The first kappa shape index (κ1) is 34.7. The fourth-order valence-electron chi connectivity index (χ4n) is 5.44. The molecule has 1 fully saturated rings. The Bertz CT molecular complexity index is 1730. The number of rotatable bonds is 10. The first-order valence-corrected chi connectivity index (χ1v) is 16.3. The number of piperazine rings is 1. The molecule has 3 amide bonds. The summed E-state index contributed by atoms with van der Waals surface area (Å²) in [5.74, 6) is -0.762. The summed E-state index contributed by atoms with van der Waals surface area (Å²) < 4.78 is 11.0. The lowest BCUT2D eigenvalue weighted by Gasteiger charge is -2.37. The van der Waals surface area contributed by atoms with Gasteiger partial charge in [-0.1, -0.05) is 91.0 Å². The van der Waals surface area contributed by atoms with Crippen molar-refractivity contribution in [2.24, 2.45) is 0 Å². The highest BCUT2D eigenvalue weighted by molar-refractivity contribution is 6.14. The Kier molecular flexibility index (Phi) is 11.3. The Hall–Kier alpha value is -5.64.